The molecule has 2 aromatic carbocycles. The van der Waals surface area contributed by atoms with E-state index >= 15 is 0 Å². The number of benzene rings is 2. The first-order valence-electron chi connectivity index (χ1n) is 8.11. The molecule has 0 saturated carbocycles. The molecule has 0 atom stereocenters. The molecule has 2 aromatic rings. The second-order valence-electron chi connectivity index (χ2n) is 7.17. The largest absolute Gasteiger partial charge is 0.295 e. The Morgan fingerprint density at radius 1 is 0.783 bits per heavy atom. The van der Waals surface area contributed by atoms with Crippen molar-refractivity contribution in [2.75, 3.05) is 0 Å². The molecule has 0 unspecified atom stereocenters. The minimum Gasteiger partial charge on any atom is -0.282 e. The second-order valence-corrected chi connectivity index (χ2v) is 8.56. The van der Waals surface area contributed by atoms with Crippen LogP contribution in [0.4, 0.5) is 0 Å². The first-order chi connectivity index (χ1) is 10.5. The molecule has 3 nitrogen and oxygen atoms in total. The van der Waals surface area contributed by atoms with E-state index in [-0.39, 0.29) is 16.7 Å². The first kappa shape index (κ1) is 18.0. The van der Waals surface area contributed by atoms with Gasteiger partial charge in [0.1, 0.15) is 4.90 Å². The van der Waals surface area contributed by atoms with Gasteiger partial charge in [0.2, 0.25) is 0 Å². The summed E-state index contributed by atoms with van der Waals surface area (Å²) >= 11 is 0. The summed E-state index contributed by atoms with van der Waals surface area (Å²) in [5.41, 5.74) is 3.07. The predicted octanol–water partition coefficient (Wildman–Crippen LogP) is 5.46. The molecule has 126 valence electrons. The van der Waals surface area contributed by atoms with Crippen LogP contribution in [0.1, 0.15) is 76.0 Å². The molecule has 0 amide bonds. The van der Waals surface area contributed by atoms with Crippen molar-refractivity contribution in [3.63, 3.8) is 0 Å². The van der Waals surface area contributed by atoms with E-state index < -0.39 is 10.1 Å². The van der Waals surface area contributed by atoms with Gasteiger partial charge in [-0.1, -0.05) is 59.7 Å². The van der Waals surface area contributed by atoms with Gasteiger partial charge in [-0.15, -0.1) is 0 Å². The van der Waals surface area contributed by atoms with Crippen LogP contribution in [0, 0.1) is 0 Å². The molecule has 0 aromatic heterocycles. The molecule has 0 heterocycles. The van der Waals surface area contributed by atoms with Crippen LogP contribution in [0.25, 0.3) is 10.8 Å². The number of rotatable bonds is 4. The van der Waals surface area contributed by atoms with Gasteiger partial charge in [0.15, 0.2) is 0 Å². The van der Waals surface area contributed by atoms with Crippen LogP contribution < -0.4 is 0 Å². The lowest BCUT2D eigenvalue weighted by Gasteiger charge is -2.19. The van der Waals surface area contributed by atoms with Crippen molar-refractivity contribution >= 4 is 20.9 Å². The van der Waals surface area contributed by atoms with Gasteiger partial charge in [-0.05, 0) is 45.9 Å². The molecular weight excluding hydrogens is 308 g/mol. The van der Waals surface area contributed by atoms with Crippen molar-refractivity contribution in [3.8, 4) is 0 Å². The number of hydrogen-bond acceptors (Lipinski definition) is 2. The zero-order chi connectivity index (χ0) is 17.5. The molecule has 0 aliphatic rings. The second kappa shape index (κ2) is 6.25. The van der Waals surface area contributed by atoms with E-state index in [0.717, 1.165) is 16.5 Å². The van der Waals surface area contributed by atoms with E-state index in [0.29, 0.717) is 11.3 Å². The third-order valence-corrected chi connectivity index (χ3v) is 5.20. The predicted molar refractivity (Wildman–Crippen MR) is 96.0 cm³/mol. The van der Waals surface area contributed by atoms with Crippen LogP contribution in [-0.4, -0.2) is 13.0 Å². The molecule has 0 radical (unpaired) electrons. The van der Waals surface area contributed by atoms with Crippen LogP contribution in [0.15, 0.2) is 29.2 Å². The zero-order valence-corrected chi connectivity index (χ0v) is 15.5. The monoisotopic (exact) mass is 334 g/mol. The van der Waals surface area contributed by atoms with Gasteiger partial charge in [0.25, 0.3) is 10.1 Å². The maximum atomic E-state index is 12.0. The van der Waals surface area contributed by atoms with Crippen molar-refractivity contribution in [1.29, 1.82) is 0 Å². The van der Waals surface area contributed by atoms with E-state index in [9.17, 15) is 13.0 Å². The molecule has 23 heavy (non-hydrogen) atoms. The average Bonchev–Trinajstić information content (AvgIpc) is 2.43. The van der Waals surface area contributed by atoms with Crippen molar-refractivity contribution in [2.45, 2.75) is 64.2 Å². The highest BCUT2D eigenvalue weighted by Gasteiger charge is 2.21. The molecule has 2 rings (SSSR count). The summed E-state index contributed by atoms with van der Waals surface area (Å²) in [4.78, 5) is 0.0257. The van der Waals surface area contributed by atoms with Crippen LogP contribution >= 0.6 is 0 Å². The molecule has 0 spiro atoms. The first-order valence-corrected chi connectivity index (χ1v) is 9.55. The highest BCUT2D eigenvalue weighted by molar-refractivity contribution is 7.86. The topological polar surface area (TPSA) is 54.4 Å². The summed E-state index contributed by atoms with van der Waals surface area (Å²) in [6, 6.07) is 7.78. The molecule has 4 heteroatoms. The molecule has 0 aliphatic heterocycles. The molecule has 1 N–H and O–H groups in total. The zero-order valence-electron chi connectivity index (χ0n) is 14.7. The van der Waals surface area contributed by atoms with Crippen LogP contribution in [-0.2, 0) is 10.1 Å². The summed E-state index contributed by atoms with van der Waals surface area (Å²) in [6.07, 6.45) is 0. The van der Waals surface area contributed by atoms with Gasteiger partial charge in [-0.2, -0.15) is 8.42 Å². The lowest BCUT2D eigenvalue weighted by atomic mass is 9.88. The van der Waals surface area contributed by atoms with Gasteiger partial charge in [-0.25, -0.2) is 0 Å². The maximum absolute atomic E-state index is 12.0. The van der Waals surface area contributed by atoms with Gasteiger partial charge < -0.3 is 0 Å². The van der Waals surface area contributed by atoms with Gasteiger partial charge in [0, 0.05) is 5.39 Å². The van der Waals surface area contributed by atoms with Crippen LogP contribution in [0.2, 0.25) is 0 Å². The minimum atomic E-state index is -4.27. The maximum Gasteiger partial charge on any atom is 0.295 e. The highest BCUT2D eigenvalue weighted by Crippen LogP contribution is 2.36. The number of fused-ring (bicyclic) bond motifs is 1. The average molecular weight is 334 g/mol. The van der Waals surface area contributed by atoms with Crippen molar-refractivity contribution in [1.82, 2.24) is 0 Å². The smallest absolute Gasteiger partial charge is 0.282 e. The van der Waals surface area contributed by atoms with E-state index in [2.05, 4.69) is 19.9 Å². The Morgan fingerprint density at radius 2 is 1.26 bits per heavy atom. The van der Waals surface area contributed by atoms with Gasteiger partial charge >= 0.3 is 0 Å². The third-order valence-electron chi connectivity index (χ3n) is 4.32. The fraction of sp³-hybridized carbons (Fsp3) is 0.474. The Kier molecular flexibility index (Phi) is 4.88. The summed E-state index contributed by atoms with van der Waals surface area (Å²) in [7, 11) is -4.27. The Labute approximate surface area is 139 Å². The Bertz CT molecular complexity index is 826. The molecule has 0 bridgehead atoms. The fourth-order valence-corrected chi connectivity index (χ4v) is 3.66. The molecular formula is C19H26O3S. The Balaban J connectivity index is 3.02. The van der Waals surface area contributed by atoms with Crippen LogP contribution in [0.5, 0.6) is 0 Å². The summed E-state index contributed by atoms with van der Waals surface area (Å²) in [5.74, 6) is 0.709. The van der Waals surface area contributed by atoms with E-state index in [1.165, 1.54) is 5.56 Å². The van der Waals surface area contributed by atoms with Crippen molar-refractivity contribution in [3.05, 3.63) is 41.0 Å². The van der Waals surface area contributed by atoms with E-state index in [1.807, 2.05) is 39.8 Å². The number of hydrogen-bond donors (Lipinski definition) is 1. The molecule has 0 fully saturated rings. The highest BCUT2D eigenvalue weighted by atomic mass is 32.2. The standard InChI is InChI=1S/C19H26O3S/c1-11(2)14-7-16-8-15(12(3)4)10-18(23(20,21)22)19(16)17(9-14)13(5)6/h7-13H,1-6H3,(H,20,21,22). The SMILES string of the molecule is CC(C)c1cc(C(C)C)c2c(S(=O)(=O)O)cc(C(C)C)cc2c1. The molecule has 0 aliphatic carbocycles. The van der Waals surface area contributed by atoms with Crippen molar-refractivity contribution in [2.24, 2.45) is 0 Å². The minimum absolute atomic E-state index is 0.0257. The normalized spacial score (nSPS) is 12.8. The summed E-state index contributed by atoms with van der Waals surface area (Å²) in [6.45, 7) is 12.4. The summed E-state index contributed by atoms with van der Waals surface area (Å²) in [5, 5.41) is 1.54. The van der Waals surface area contributed by atoms with Crippen molar-refractivity contribution < 1.29 is 13.0 Å². The molecule has 0 saturated heterocycles. The lowest BCUT2D eigenvalue weighted by Crippen LogP contribution is -2.05. The van der Waals surface area contributed by atoms with E-state index in [1.54, 1.807) is 6.07 Å². The Hall–Kier alpha value is -1.39. The van der Waals surface area contributed by atoms with E-state index in [4.69, 9.17) is 0 Å². The van der Waals surface area contributed by atoms with Crippen LogP contribution in [0.3, 0.4) is 0 Å². The quantitative estimate of drug-likeness (QED) is 0.756. The van der Waals surface area contributed by atoms with Gasteiger partial charge in [-0.3, -0.25) is 4.55 Å². The third kappa shape index (κ3) is 3.59. The Morgan fingerprint density at radius 3 is 1.65 bits per heavy atom. The lowest BCUT2D eigenvalue weighted by molar-refractivity contribution is 0.484. The fourth-order valence-electron chi connectivity index (χ4n) is 2.88. The summed E-state index contributed by atoms with van der Waals surface area (Å²) < 4.78 is 33.7. The van der Waals surface area contributed by atoms with Gasteiger partial charge in [0.05, 0.1) is 0 Å².